The van der Waals surface area contributed by atoms with Gasteiger partial charge in [0.05, 0.1) is 19.1 Å². The van der Waals surface area contributed by atoms with Crippen molar-refractivity contribution in [2.75, 3.05) is 52.5 Å². The van der Waals surface area contributed by atoms with Crippen LogP contribution in [0.25, 0.3) is 0 Å². The van der Waals surface area contributed by atoms with Crippen molar-refractivity contribution in [3.05, 3.63) is 17.5 Å². The molecule has 3 fully saturated rings. The first-order chi connectivity index (χ1) is 14.0. The van der Waals surface area contributed by atoms with E-state index in [0.29, 0.717) is 23.8 Å². The highest BCUT2D eigenvalue weighted by Gasteiger charge is 2.53. The van der Waals surface area contributed by atoms with Gasteiger partial charge in [-0.25, -0.2) is 8.42 Å². The van der Waals surface area contributed by atoms with E-state index in [1.807, 2.05) is 0 Å². The van der Waals surface area contributed by atoms with Crippen LogP contribution in [0.15, 0.2) is 21.7 Å². The summed E-state index contributed by atoms with van der Waals surface area (Å²) in [5, 5.41) is 4.90. The van der Waals surface area contributed by atoms with Gasteiger partial charge in [0.1, 0.15) is 4.21 Å². The molecule has 1 saturated carbocycles. The Labute approximate surface area is 177 Å². The fraction of sp³-hybridized carbons (Fsp3) is 0.750. The number of hydrogen-bond donors (Lipinski definition) is 1. The van der Waals surface area contributed by atoms with Crippen molar-refractivity contribution >= 4 is 27.3 Å². The Balaban J connectivity index is 1.44. The summed E-state index contributed by atoms with van der Waals surface area (Å²) in [7, 11) is -3.53. The molecule has 1 aromatic heterocycles. The van der Waals surface area contributed by atoms with E-state index in [0.717, 1.165) is 58.5 Å². The summed E-state index contributed by atoms with van der Waals surface area (Å²) in [6.07, 6.45) is 5.19. The summed E-state index contributed by atoms with van der Waals surface area (Å²) < 4.78 is 33.5. The molecule has 3 aliphatic rings. The van der Waals surface area contributed by atoms with Crippen LogP contribution in [0.2, 0.25) is 0 Å². The molecule has 9 heteroatoms. The van der Waals surface area contributed by atoms with Crippen LogP contribution in [0.5, 0.6) is 0 Å². The lowest BCUT2D eigenvalue weighted by Crippen LogP contribution is -2.46. The lowest BCUT2D eigenvalue weighted by atomic mass is 9.67. The van der Waals surface area contributed by atoms with Gasteiger partial charge in [-0.1, -0.05) is 25.3 Å². The van der Waals surface area contributed by atoms with Crippen molar-refractivity contribution in [1.82, 2.24) is 14.5 Å². The van der Waals surface area contributed by atoms with Gasteiger partial charge in [-0.2, -0.15) is 4.31 Å². The minimum Gasteiger partial charge on any atom is -0.379 e. The summed E-state index contributed by atoms with van der Waals surface area (Å²) in [5.41, 5.74) is -0.217. The minimum absolute atomic E-state index is 0.0176. The Morgan fingerprint density at radius 2 is 2.00 bits per heavy atom. The number of carbonyl (C=O) groups excluding carboxylic acids is 1. The SMILES string of the molecule is O=C(NCCN1CCOCC1)[C@@H]1CN(S(=O)(=O)c2cccs2)CC12CCCCC2. The number of sulfonamides is 1. The number of amides is 1. The lowest BCUT2D eigenvalue weighted by Gasteiger charge is -2.37. The normalized spacial score (nSPS) is 26.0. The van der Waals surface area contributed by atoms with Crippen LogP contribution >= 0.6 is 11.3 Å². The monoisotopic (exact) mass is 441 g/mol. The lowest BCUT2D eigenvalue weighted by molar-refractivity contribution is -0.128. The highest BCUT2D eigenvalue weighted by Crippen LogP contribution is 2.49. The highest BCUT2D eigenvalue weighted by molar-refractivity contribution is 7.91. The van der Waals surface area contributed by atoms with E-state index in [1.165, 1.54) is 17.8 Å². The average molecular weight is 442 g/mol. The standard InChI is InChI=1S/C20H31N3O4S2/c24-19(21-8-9-22-10-12-27-13-11-22)17-15-23(16-20(17)6-2-1-3-7-20)29(25,26)18-5-4-14-28-18/h4-5,14,17H,1-3,6-13,15-16H2,(H,21,24)/t17-/m0/s1. The molecule has 1 aromatic rings. The van der Waals surface area contributed by atoms with Gasteiger partial charge in [-0.05, 0) is 29.7 Å². The number of carbonyl (C=O) groups is 1. The van der Waals surface area contributed by atoms with E-state index < -0.39 is 10.0 Å². The van der Waals surface area contributed by atoms with Crippen LogP contribution in [-0.2, 0) is 19.6 Å². The maximum atomic E-state index is 13.1. The molecule has 1 amide bonds. The van der Waals surface area contributed by atoms with Crippen molar-refractivity contribution in [2.45, 2.75) is 36.3 Å². The number of morpholine rings is 1. The summed E-state index contributed by atoms with van der Waals surface area (Å²) >= 11 is 1.25. The van der Waals surface area contributed by atoms with Crippen LogP contribution < -0.4 is 5.32 Å². The molecule has 29 heavy (non-hydrogen) atoms. The van der Waals surface area contributed by atoms with E-state index in [9.17, 15) is 13.2 Å². The van der Waals surface area contributed by atoms with Gasteiger partial charge in [0.25, 0.3) is 10.0 Å². The van der Waals surface area contributed by atoms with Gasteiger partial charge >= 0.3 is 0 Å². The summed E-state index contributed by atoms with van der Waals surface area (Å²) in [5.74, 6) is -0.244. The van der Waals surface area contributed by atoms with E-state index in [1.54, 1.807) is 21.8 Å². The predicted molar refractivity (Wildman–Crippen MR) is 112 cm³/mol. The fourth-order valence-electron chi connectivity index (χ4n) is 5.05. The predicted octanol–water partition coefficient (Wildman–Crippen LogP) is 1.77. The molecule has 3 heterocycles. The Morgan fingerprint density at radius 1 is 1.24 bits per heavy atom. The van der Waals surface area contributed by atoms with Crippen LogP contribution in [0, 0.1) is 11.3 Å². The van der Waals surface area contributed by atoms with E-state index in [4.69, 9.17) is 4.74 Å². The van der Waals surface area contributed by atoms with Gasteiger partial charge in [0.15, 0.2) is 0 Å². The number of ether oxygens (including phenoxy) is 1. The van der Waals surface area contributed by atoms with Crippen molar-refractivity contribution in [3.63, 3.8) is 0 Å². The fourth-order valence-corrected chi connectivity index (χ4v) is 7.75. The topological polar surface area (TPSA) is 79.0 Å². The van der Waals surface area contributed by atoms with Crippen molar-refractivity contribution in [3.8, 4) is 0 Å². The van der Waals surface area contributed by atoms with Gasteiger partial charge in [0.2, 0.25) is 5.91 Å². The van der Waals surface area contributed by atoms with Gasteiger partial charge < -0.3 is 10.1 Å². The summed E-state index contributed by atoms with van der Waals surface area (Å²) in [6.45, 7) is 5.46. The number of nitrogens with one attached hydrogen (secondary N) is 1. The molecule has 4 rings (SSSR count). The Kier molecular flexibility index (Phi) is 6.60. The molecule has 1 N–H and O–H groups in total. The maximum Gasteiger partial charge on any atom is 0.252 e. The number of hydrogen-bond acceptors (Lipinski definition) is 6. The number of thiophene rings is 1. The maximum absolute atomic E-state index is 13.1. The van der Waals surface area contributed by atoms with Crippen molar-refractivity contribution in [2.24, 2.45) is 11.3 Å². The molecule has 0 aromatic carbocycles. The molecule has 2 aliphatic heterocycles. The van der Waals surface area contributed by atoms with Gasteiger partial charge in [-0.3, -0.25) is 9.69 Å². The van der Waals surface area contributed by atoms with Crippen molar-refractivity contribution in [1.29, 1.82) is 0 Å². The highest BCUT2D eigenvalue weighted by atomic mass is 32.2. The molecule has 0 bridgehead atoms. The molecule has 0 radical (unpaired) electrons. The second-order valence-electron chi connectivity index (χ2n) is 8.45. The molecular formula is C20H31N3O4S2. The number of rotatable bonds is 6. The third-order valence-electron chi connectivity index (χ3n) is 6.70. The second-order valence-corrected chi connectivity index (χ2v) is 11.6. The average Bonchev–Trinajstić information content (AvgIpc) is 3.39. The van der Waals surface area contributed by atoms with E-state index >= 15 is 0 Å². The smallest absolute Gasteiger partial charge is 0.252 e. The zero-order chi connectivity index (χ0) is 20.3. The molecule has 2 saturated heterocycles. The molecular weight excluding hydrogens is 410 g/mol. The molecule has 0 unspecified atom stereocenters. The van der Waals surface area contributed by atoms with Crippen molar-refractivity contribution < 1.29 is 17.9 Å². The first kappa shape index (κ1) is 21.2. The quantitative estimate of drug-likeness (QED) is 0.728. The number of nitrogens with zero attached hydrogens (tertiary/aromatic N) is 2. The zero-order valence-corrected chi connectivity index (χ0v) is 18.5. The van der Waals surface area contributed by atoms with E-state index in [-0.39, 0.29) is 17.2 Å². The Morgan fingerprint density at radius 3 is 2.69 bits per heavy atom. The van der Waals surface area contributed by atoms with Gasteiger partial charge in [0, 0.05) is 39.3 Å². The first-order valence-corrected chi connectivity index (χ1v) is 12.9. The van der Waals surface area contributed by atoms with Crippen LogP contribution in [0.3, 0.4) is 0 Å². The molecule has 1 aliphatic carbocycles. The minimum atomic E-state index is -3.53. The van der Waals surface area contributed by atoms with Crippen LogP contribution in [-0.4, -0.2) is 76.0 Å². The molecule has 7 nitrogen and oxygen atoms in total. The Hall–Kier alpha value is -1.00. The summed E-state index contributed by atoms with van der Waals surface area (Å²) in [4.78, 5) is 15.4. The molecule has 1 spiro atoms. The Bertz CT molecular complexity index is 785. The van der Waals surface area contributed by atoms with Crippen LogP contribution in [0.1, 0.15) is 32.1 Å². The van der Waals surface area contributed by atoms with E-state index in [2.05, 4.69) is 10.2 Å². The largest absolute Gasteiger partial charge is 0.379 e. The third-order valence-corrected chi connectivity index (χ3v) is 9.89. The summed E-state index contributed by atoms with van der Waals surface area (Å²) in [6, 6.07) is 3.42. The molecule has 162 valence electrons. The van der Waals surface area contributed by atoms with Gasteiger partial charge in [-0.15, -0.1) is 11.3 Å². The molecule has 1 atom stereocenters. The third kappa shape index (κ3) is 4.54. The first-order valence-electron chi connectivity index (χ1n) is 10.6. The van der Waals surface area contributed by atoms with Crippen LogP contribution in [0.4, 0.5) is 0 Å². The second kappa shape index (κ2) is 9.01. The zero-order valence-electron chi connectivity index (χ0n) is 16.8.